The summed E-state index contributed by atoms with van der Waals surface area (Å²) in [4.78, 5) is 2.36. The SMILES string of the molecule is Cn1cc(C(CN)N2CCOCC2)cn1. The van der Waals surface area contributed by atoms with Gasteiger partial charge in [0.25, 0.3) is 0 Å². The zero-order valence-corrected chi connectivity index (χ0v) is 9.09. The Morgan fingerprint density at radius 2 is 2.27 bits per heavy atom. The number of nitrogens with zero attached hydrogens (tertiary/aromatic N) is 3. The maximum Gasteiger partial charge on any atom is 0.0594 e. The van der Waals surface area contributed by atoms with E-state index in [1.807, 2.05) is 24.1 Å². The second-order valence-corrected chi connectivity index (χ2v) is 3.85. The molecular weight excluding hydrogens is 192 g/mol. The largest absolute Gasteiger partial charge is 0.379 e. The molecule has 15 heavy (non-hydrogen) atoms. The number of ether oxygens (including phenoxy) is 1. The number of aryl methyl sites for hydroxylation is 1. The van der Waals surface area contributed by atoms with Crippen molar-refractivity contribution in [3.8, 4) is 0 Å². The molecule has 0 aromatic carbocycles. The Hall–Kier alpha value is -0.910. The summed E-state index contributed by atoms with van der Waals surface area (Å²) in [6, 6.07) is 0.280. The predicted octanol–water partition coefficient (Wildman–Crippen LogP) is -0.248. The van der Waals surface area contributed by atoms with Crippen LogP contribution < -0.4 is 5.73 Å². The average molecular weight is 210 g/mol. The van der Waals surface area contributed by atoms with Crippen LogP contribution in [0.4, 0.5) is 0 Å². The van der Waals surface area contributed by atoms with Gasteiger partial charge in [0.1, 0.15) is 0 Å². The zero-order valence-electron chi connectivity index (χ0n) is 9.09. The van der Waals surface area contributed by atoms with E-state index in [2.05, 4.69) is 10.00 Å². The third-order valence-electron chi connectivity index (χ3n) is 2.82. The van der Waals surface area contributed by atoms with Crippen molar-refractivity contribution in [3.63, 3.8) is 0 Å². The molecule has 1 saturated heterocycles. The molecule has 2 heterocycles. The molecule has 0 spiro atoms. The van der Waals surface area contributed by atoms with E-state index in [0.717, 1.165) is 26.3 Å². The number of hydrogen-bond acceptors (Lipinski definition) is 4. The topological polar surface area (TPSA) is 56.3 Å². The summed E-state index contributed by atoms with van der Waals surface area (Å²) in [7, 11) is 1.93. The van der Waals surface area contributed by atoms with E-state index in [1.54, 1.807) is 0 Å². The molecule has 5 nitrogen and oxygen atoms in total. The van der Waals surface area contributed by atoms with Crippen LogP contribution in [-0.2, 0) is 11.8 Å². The first-order chi connectivity index (χ1) is 7.31. The minimum atomic E-state index is 0.280. The van der Waals surface area contributed by atoms with Crippen LogP contribution in [0.3, 0.4) is 0 Å². The highest BCUT2D eigenvalue weighted by molar-refractivity contribution is 5.11. The molecule has 2 rings (SSSR count). The molecule has 1 aromatic rings. The minimum Gasteiger partial charge on any atom is -0.379 e. The third-order valence-corrected chi connectivity index (χ3v) is 2.82. The van der Waals surface area contributed by atoms with E-state index in [9.17, 15) is 0 Å². The summed E-state index contributed by atoms with van der Waals surface area (Å²) in [5.41, 5.74) is 7.02. The van der Waals surface area contributed by atoms with Crippen LogP contribution in [0.5, 0.6) is 0 Å². The van der Waals surface area contributed by atoms with Gasteiger partial charge < -0.3 is 10.5 Å². The Morgan fingerprint density at radius 1 is 1.53 bits per heavy atom. The van der Waals surface area contributed by atoms with Crippen LogP contribution in [0.25, 0.3) is 0 Å². The van der Waals surface area contributed by atoms with Crippen LogP contribution in [0.2, 0.25) is 0 Å². The fourth-order valence-corrected chi connectivity index (χ4v) is 2.00. The van der Waals surface area contributed by atoms with Gasteiger partial charge in [0.15, 0.2) is 0 Å². The van der Waals surface area contributed by atoms with E-state index in [0.29, 0.717) is 6.54 Å². The molecule has 1 aromatic heterocycles. The normalized spacial score (nSPS) is 20.4. The third kappa shape index (κ3) is 2.37. The number of morpholine rings is 1. The van der Waals surface area contributed by atoms with Gasteiger partial charge in [-0.2, -0.15) is 5.10 Å². The summed E-state index contributed by atoms with van der Waals surface area (Å²) >= 11 is 0. The first kappa shape index (κ1) is 10.6. The van der Waals surface area contributed by atoms with Gasteiger partial charge in [0, 0.05) is 38.4 Å². The highest BCUT2D eigenvalue weighted by atomic mass is 16.5. The quantitative estimate of drug-likeness (QED) is 0.747. The van der Waals surface area contributed by atoms with Crippen molar-refractivity contribution >= 4 is 0 Å². The molecular formula is C10H18N4O. The van der Waals surface area contributed by atoms with Gasteiger partial charge in [-0.05, 0) is 0 Å². The van der Waals surface area contributed by atoms with Gasteiger partial charge >= 0.3 is 0 Å². The van der Waals surface area contributed by atoms with E-state index in [1.165, 1.54) is 5.56 Å². The summed E-state index contributed by atoms with van der Waals surface area (Å²) in [6.07, 6.45) is 3.93. The predicted molar refractivity (Wildman–Crippen MR) is 57.4 cm³/mol. The summed E-state index contributed by atoms with van der Waals surface area (Å²) in [5.74, 6) is 0. The first-order valence-electron chi connectivity index (χ1n) is 5.31. The molecule has 5 heteroatoms. The number of nitrogens with two attached hydrogens (primary N) is 1. The maximum atomic E-state index is 5.83. The van der Waals surface area contributed by atoms with Gasteiger partial charge in [-0.25, -0.2) is 0 Å². The molecule has 1 unspecified atom stereocenters. The van der Waals surface area contributed by atoms with Gasteiger partial charge in [0.05, 0.1) is 25.5 Å². The fourth-order valence-electron chi connectivity index (χ4n) is 2.00. The number of hydrogen-bond donors (Lipinski definition) is 1. The van der Waals surface area contributed by atoms with Crippen LogP contribution in [0.15, 0.2) is 12.4 Å². The van der Waals surface area contributed by atoms with E-state index >= 15 is 0 Å². The lowest BCUT2D eigenvalue weighted by atomic mass is 10.1. The van der Waals surface area contributed by atoms with Gasteiger partial charge in [-0.1, -0.05) is 0 Å². The summed E-state index contributed by atoms with van der Waals surface area (Å²) < 4.78 is 7.15. The van der Waals surface area contributed by atoms with Gasteiger partial charge in [0.2, 0.25) is 0 Å². The van der Waals surface area contributed by atoms with Crippen molar-refractivity contribution in [3.05, 3.63) is 18.0 Å². The monoisotopic (exact) mass is 210 g/mol. The van der Waals surface area contributed by atoms with E-state index < -0.39 is 0 Å². The molecule has 1 aliphatic rings. The second-order valence-electron chi connectivity index (χ2n) is 3.85. The summed E-state index contributed by atoms with van der Waals surface area (Å²) in [6.45, 7) is 4.15. The van der Waals surface area contributed by atoms with Crippen LogP contribution >= 0.6 is 0 Å². The molecule has 1 atom stereocenters. The lowest BCUT2D eigenvalue weighted by Crippen LogP contribution is -2.41. The van der Waals surface area contributed by atoms with Gasteiger partial charge in [-0.15, -0.1) is 0 Å². The van der Waals surface area contributed by atoms with E-state index in [4.69, 9.17) is 10.5 Å². The van der Waals surface area contributed by atoms with Crippen molar-refractivity contribution in [2.45, 2.75) is 6.04 Å². The molecule has 2 N–H and O–H groups in total. The molecule has 0 amide bonds. The Balaban J connectivity index is 2.08. The van der Waals surface area contributed by atoms with Crippen molar-refractivity contribution in [1.29, 1.82) is 0 Å². The van der Waals surface area contributed by atoms with Crippen LogP contribution in [-0.4, -0.2) is 47.5 Å². The van der Waals surface area contributed by atoms with Gasteiger partial charge in [-0.3, -0.25) is 9.58 Å². The Morgan fingerprint density at radius 3 is 2.80 bits per heavy atom. The van der Waals surface area contributed by atoms with Crippen molar-refractivity contribution in [2.24, 2.45) is 12.8 Å². The fraction of sp³-hybridized carbons (Fsp3) is 0.700. The maximum absolute atomic E-state index is 5.83. The smallest absolute Gasteiger partial charge is 0.0594 e. The Kier molecular flexibility index (Phi) is 3.35. The Labute approximate surface area is 89.8 Å². The molecule has 0 saturated carbocycles. The molecule has 1 aliphatic heterocycles. The lowest BCUT2D eigenvalue weighted by molar-refractivity contribution is 0.0179. The van der Waals surface area contributed by atoms with Crippen molar-refractivity contribution in [2.75, 3.05) is 32.8 Å². The number of aromatic nitrogens is 2. The minimum absolute atomic E-state index is 0.280. The second kappa shape index (κ2) is 4.74. The van der Waals surface area contributed by atoms with Crippen LogP contribution in [0.1, 0.15) is 11.6 Å². The molecule has 0 bridgehead atoms. The molecule has 0 radical (unpaired) electrons. The Bertz CT molecular complexity index is 306. The zero-order chi connectivity index (χ0) is 10.7. The number of rotatable bonds is 3. The van der Waals surface area contributed by atoms with Crippen LogP contribution in [0, 0.1) is 0 Å². The van der Waals surface area contributed by atoms with Crippen molar-refractivity contribution in [1.82, 2.24) is 14.7 Å². The lowest BCUT2D eigenvalue weighted by Gasteiger charge is -2.33. The first-order valence-corrected chi connectivity index (χ1v) is 5.31. The molecule has 84 valence electrons. The average Bonchev–Trinajstić information content (AvgIpc) is 2.68. The van der Waals surface area contributed by atoms with E-state index in [-0.39, 0.29) is 6.04 Å². The highest BCUT2D eigenvalue weighted by Crippen LogP contribution is 2.19. The summed E-state index contributed by atoms with van der Waals surface area (Å²) in [5, 5.41) is 4.18. The highest BCUT2D eigenvalue weighted by Gasteiger charge is 2.22. The van der Waals surface area contributed by atoms with Crippen molar-refractivity contribution < 1.29 is 4.74 Å². The molecule has 1 fully saturated rings. The molecule has 0 aliphatic carbocycles. The standard InChI is InChI=1S/C10H18N4O/c1-13-8-9(7-12-13)10(6-11)14-2-4-15-5-3-14/h7-8,10H,2-6,11H2,1H3.